The molecule has 3 aromatic rings. The van der Waals surface area contributed by atoms with Gasteiger partial charge in [0.15, 0.2) is 0 Å². The van der Waals surface area contributed by atoms with Crippen molar-refractivity contribution >= 4 is 27.5 Å². The molecule has 0 fully saturated rings. The number of sulfonamides is 1. The molecular weight excluding hydrogens is 522 g/mol. The standard InChI is InChI=1S/C32H41N3O4S/c1-23(2)20-33-32(37)26(6)34(21-27-14-12-25(5)13-15-27)31(36)22-35(29-18-16-28(17-19-29)24(3)4)40(38,39)30-10-8-7-9-11-30/h7-19,23-24,26H,20-22H2,1-6H3,(H,33,37)/t26-/m1/s1. The van der Waals surface area contributed by atoms with Crippen LogP contribution in [0, 0.1) is 12.8 Å². The van der Waals surface area contributed by atoms with Gasteiger partial charge in [0.25, 0.3) is 10.0 Å². The number of carbonyl (C=O) groups excluding carboxylic acids is 2. The summed E-state index contributed by atoms with van der Waals surface area (Å²) in [4.78, 5) is 28.6. The van der Waals surface area contributed by atoms with E-state index in [9.17, 15) is 18.0 Å². The van der Waals surface area contributed by atoms with E-state index in [0.29, 0.717) is 12.2 Å². The highest BCUT2D eigenvalue weighted by Gasteiger charge is 2.32. The topological polar surface area (TPSA) is 86.8 Å². The van der Waals surface area contributed by atoms with Crippen molar-refractivity contribution in [1.29, 1.82) is 0 Å². The van der Waals surface area contributed by atoms with Gasteiger partial charge in [0.1, 0.15) is 12.6 Å². The third kappa shape index (κ3) is 7.94. The average molecular weight is 564 g/mol. The number of aryl methyl sites for hydroxylation is 1. The van der Waals surface area contributed by atoms with E-state index in [-0.39, 0.29) is 29.2 Å². The maximum Gasteiger partial charge on any atom is 0.264 e. The highest BCUT2D eigenvalue weighted by Crippen LogP contribution is 2.26. The van der Waals surface area contributed by atoms with Gasteiger partial charge in [-0.3, -0.25) is 13.9 Å². The molecule has 0 aliphatic rings. The van der Waals surface area contributed by atoms with Crippen LogP contribution in [-0.4, -0.2) is 44.3 Å². The first-order chi connectivity index (χ1) is 18.9. The zero-order chi connectivity index (χ0) is 29.4. The summed E-state index contributed by atoms with van der Waals surface area (Å²) >= 11 is 0. The lowest BCUT2D eigenvalue weighted by atomic mass is 10.0. The van der Waals surface area contributed by atoms with E-state index in [1.165, 1.54) is 17.0 Å². The molecule has 7 nitrogen and oxygen atoms in total. The molecule has 1 atom stereocenters. The number of amides is 2. The molecule has 0 saturated heterocycles. The summed E-state index contributed by atoms with van der Waals surface area (Å²) < 4.78 is 28.9. The van der Waals surface area contributed by atoms with Crippen LogP contribution in [0.15, 0.2) is 83.8 Å². The van der Waals surface area contributed by atoms with Crippen LogP contribution in [-0.2, 0) is 26.2 Å². The maximum absolute atomic E-state index is 14.0. The Balaban J connectivity index is 2.01. The predicted molar refractivity (Wildman–Crippen MR) is 161 cm³/mol. The van der Waals surface area contributed by atoms with E-state index >= 15 is 0 Å². The summed E-state index contributed by atoms with van der Waals surface area (Å²) in [6.07, 6.45) is 0. The second kappa shape index (κ2) is 13.6. The van der Waals surface area contributed by atoms with Gasteiger partial charge in [0.2, 0.25) is 11.8 Å². The van der Waals surface area contributed by atoms with Crippen molar-refractivity contribution in [2.24, 2.45) is 5.92 Å². The fraction of sp³-hybridized carbons (Fsp3) is 0.375. The fourth-order valence-corrected chi connectivity index (χ4v) is 5.63. The molecule has 0 saturated carbocycles. The van der Waals surface area contributed by atoms with Crippen LogP contribution in [0.5, 0.6) is 0 Å². The third-order valence-corrected chi connectivity index (χ3v) is 8.57. The van der Waals surface area contributed by atoms with E-state index in [0.717, 1.165) is 21.0 Å². The van der Waals surface area contributed by atoms with Crippen molar-refractivity contribution in [2.75, 3.05) is 17.4 Å². The van der Waals surface area contributed by atoms with E-state index in [2.05, 4.69) is 19.2 Å². The van der Waals surface area contributed by atoms with Crippen LogP contribution >= 0.6 is 0 Å². The minimum atomic E-state index is -4.08. The average Bonchev–Trinajstić information content (AvgIpc) is 2.94. The van der Waals surface area contributed by atoms with Crippen LogP contribution in [0.25, 0.3) is 0 Å². The van der Waals surface area contributed by atoms with Crippen molar-refractivity contribution < 1.29 is 18.0 Å². The van der Waals surface area contributed by atoms with Crippen molar-refractivity contribution in [3.63, 3.8) is 0 Å². The van der Waals surface area contributed by atoms with E-state index in [1.54, 1.807) is 37.3 Å². The smallest absolute Gasteiger partial charge is 0.264 e. The monoisotopic (exact) mass is 563 g/mol. The molecule has 0 unspecified atom stereocenters. The molecule has 0 aromatic heterocycles. The minimum Gasteiger partial charge on any atom is -0.354 e. The highest BCUT2D eigenvalue weighted by atomic mass is 32.2. The number of nitrogens with zero attached hydrogens (tertiary/aromatic N) is 2. The molecule has 214 valence electrons. The summed E-state index contributed by atoms with van der Waals surface area (Å²) in [5.74, 6) is -0.240. The molecule has 0 spiro atoms. The Morgan fingerprint density at radius 2 is 1.43 bits per heavy atom. The lowest BCUT2D eigenvalue weighted by Crippen LogP contribution is -2.51. The maximum atomic E-state index is 14.0. The predicted octanol–water partition coefficient (Wildman–Crippen LogP) is 5.50. The van der Waals surface area contributed by atoms with Gasteiger partial charge in [-0.15, -0.1) is 0 Å². The molecule has 0 radical (unpaired) electrons. The second-order valence-corrected chi connectivity index (χ2v) is 12.8. The van der Waals surface area contributed by atoms with E-state index < -0.39 is 28.5 Å². The normalized spacial score (nSPS) is 12.3. The van der Waals surface area contributed by atoms with Gasteiger partial charge in [-0.05, 0) is 61.1 Å². The molecule has 0 aliphatic carbocycles. The fourth-order valence-electron chi connectivity index (χ4n) is 4.20. The zero-order valence-corrected chi connectivity index (χ0v) is 25.1. The minimum absolute atomic E-state index is 0.0866. The summed E-state index contributed by atoms with van der Waals surface area (Å²) in [5.41, 5.74) is 3.37. The number of carbonyl (C=O) groups is 2. The first-order valence-corrected chi connectivity index (χ1v) is 15.1. The molecule has 40 heavy (non-hydrogen) atoms. The Morgan fingerprint density at radius 1 is 0.825 bits per heavy atom. The van der Waals surface area contributed by atoms with E-state index in [1.807, 2.05) is 57.2 Å². The molecule has 1 N–H and O–H groups in total. The van der Waals surface area contributed by atoms with Crippen molar-refractivity contribution in [1.82, 2.24) is 10.2 Å². The van der Waals surface area contributed by atoms with Crippen molar-refractivity contribution in [2.45, 2.75) is 64.9 Å². The number of hydrogen-bond acceptors (Lipinski definition) is 4. The lowest BCUT2D eigenvalue weighted by Gasteiger charge is -2.32. The number of nitrogens with one attached hydrogen (secondary N) is 1. The molecule has 3 rings (SSSR count). The van der Waals surface area contributed by atoms with Gasteiger partial charge in [-0.1, -0.05) is 87.9 Å². The quantitative estimate of drug-likeness (QED) is 0.315. The SMILES string of the molecule is Cc1ccc(CN(C(=O)CN(c2ccc(C(C)C)cc2)S(=O)(=O)c2ccccc2)[C@H](C)C(=O)NCC(C)C)cc1. The molecular formula is C32H41N3O4S. The Morgan fingerprint density at radius 3 is 1.98 bits per heavy atom. The van der Waals surface area contributed by atoms with Crippen molar-refractivity contribution in [3.8, 4) is 0 Å². The van der Waals surface area contributed by atoms with Crippen LogP contribution in [0.3, 0.4) is 0 Å². The summed E-state index contributed by atoms with van der Waals surface area (Å²) in [6.45, 7) is 12.0. The third-order valence-electron chi connectivity index (χ3n) is 6.78. The Bertz CT molecular complexity index is 1370. The summed E-state index contributed by atoms with van der Waals surface area (Å²) in [6, 6.07) is 22.2. The van der Waals surface area contributed by atoms with Crippen LogP contribution in [0.4, 0.5) is 5.69 Å². The van der Waals surface area contributed by atoms with E-state index in [4.69, 9.17) is 0 Å². The molecule has 8 heteroatoms. The second-order valence-electron chi connectivity index (χ2n) is 10.9. The Labute approximate surface area is 239 Å². The first kappa shape index (κ1) is 30.9. The molecule has 0 heterocycles. The lowest BCUT2D eigenvalue weighted by molar-refractivity contribution is -0.139. The zero-order valence-electron chi connectivity index (χ0n) is 24.3. The molecule has 0 bridgehead atoms. The summed E-state index contributed by atoms with van der Waals surface area (Å²) in [5, 5.41) is 2.91. The largest absolute Gasteiger partial charge is 0.354 e. The number of benzene rings is 3. The molecule has 2 amide bonds. The summed E-state index contributed by atoms with van der Waals surface area (Å²) in [7, 11) is -4.08. The van der Waals surface area contributed by atoms with Gasteiger partial charge in [0.05, 0.1) is 10.6 Å². The van der Waals surface area contributed by atoms with Crippen LogP contribution < -0.4 is 9.62 Å². The Kier molecular flexibility index (Phi) is 10.5. The van der Waals surface area contributed by atoms with Crippen LogP contribution in [0.1, 0.15) is 57.2 Å². The number of rotatable bonds is 12. The highest BCUT2D eigenvalue weighted by molar-refractivity contribution is 7.92. The van der Waals surface area contributed by atoms with Gasteiger partial charge < -0.3 is 10.2 Å². The van der Waals surface area contributed by atoms with Gasteiger partial charge >= 0.3 is 0 Å². The molecule has 3 aromatic carbocycles. The number of hydrogen-bond donors (Lipinski definition) is 1. The van der Waals surface area contributed by atoms with Gasteiger partial charge in [0, 0.05) is 13.1 Å². The number of anilines is 1. The van der Waals surface area contributed by atoms with Gasteiger partial charge in [-0.2, -0.15) is 0 Å². The van der Waals surface area contributed by atoms with Crippen molar-refractivity contribution in [3.05, 3.63) is 95.6 Å². The molecule has 0 aliphatic heterocycles. The first-order valence-electron chi connectivity index (χ1n) is 13.7. The van der Waals surface area contributed by atoms with Crippen LogP contribution in [0.2, 0.25) is 0 Å². The Hall–Kier alpha value is -3.65. The van der Waals surface area contributed by atoms with Gasteiger partial charge in [-0.25, -0.2) is 8.42 Å².